The fourth-order valence-corrected chi connectivity index (χ4v) is 2.41. The number of rotatable bonds is 3. The molecular weight excluding hydrogens is 218 g/mol. The molecule has 0 bridgehead atoms. The van der Waals surface area contributed by atoms with E-state index in [1.165, 1.54) is 6.42 Å². The molecule has 2 rings (SSSR count). The van der Waals surface area contributed by atoms with Crippen molar-refractivity contribution in [2.24, 2.45) is 0 Å². The van der Waals surface area contributed by atoms with Crippen LogP contribution >= 0.6 is 0 Å². The van der Waals surface area contributed by atoms with E-state index in [1.807, 2.05) is 4.90 Å². The number of anilines is 1. The normalized spacial score (nSPS) is 20.5. The van der Waals surface area contributed by atoms with Gasteiger partial charge in [0.25, 0.3) is 5.91 Å². The van der Waals surface area contributed by atoms with Crippen molar-refractivity contribution in [3.63, 3.8) is 0 Å². The van der Waals surface area contributed by atoms with Crippen LogP contribution in [0.25, 0.3) is 0 Å². The minimum absolute atomic E-state index is 0.0765. The highest BCUT2D eigenvalue weighted by atomic mass is 16.2. The molecule has 1 amide bonds. The zero-order valence-corrected chi connectivity index (χ0v) is 10.1. The topological polar surface area (TPSA) is 87.9 Å². The van der Waals surface area contributed by atoms with Crippen LogP contribution < -0.4 is 5.73 Å². The molecule has 0 aliphatic carbocycles. The van der Waals surface area contributed by atoms with E-state index in [9.17, 15) is 4.79 Å². The van der Waals surface area contributed by atoms with Gasteiger partial charge in [-0.15, -0.1) is 5.10 Å². The number of hydrogen-bond acceptors (Lipinski definition) is 4. The lowest BCUT2D eigenvalue weighted by molar-refractivity contribution is 0.0588. The predicted octanol–water partition coefficient (Wildman–Crippen LogP) is 1.18. The van der Waals surface area contributed by atoms with Gasteiger partial charge in [0.1, 0.15) is 0 Å². The Kier molecular flexibility index (Phi) is 3.61. The van der Waals surface area contributed by atoms with Crippen LogP contribution in [0.1, 0.15) is 49.6 Å². The van der Waals surface area contributed by atoms with Crippen LogP contribution in [0, 0.1) is 0 Å². The van der Waals surface area contributed by atoms with Gasteiger partial charge in [0.15, 0.2) is 0 Å². The first-order valence-electron chi connectivity index (χ1n) is 6.21. The smallest absolute Gasteiger partial charge is 0.291 e. The number of H-pyrrole nitrogens is 1. The van der Waals surface area contributed by atoms with E-state index in [2.05, 4.69) is 22.1 Å². The van der Waals surface area contributed by atoms with E-state index >= 15 is 0 Å². The summed E-state index contributed by atoms with van der Waals surface area (Å²) in [5.74, 6) is 0.301. The predicted molar refractivity (Wildman–Crippen MR) is 64.4 cm³/mol. The second-order valence-electron chi connectivity index (χ2n) is 4.48. The highest BCUT2D eigenvalue weighted by Gasteiger charge is 2.28. The lowest BCUT2D eigenvalue weighted by Gasteiger charge is -2.35. The van der Waals surface area contributed by atoms with Gasteiger partial charge in [0.2, 0.25) is 11.8 Å². The molecule has 1 aliphatic rings. The van der Waals surface area contributed by atoms with E-state index in [4.69, 9.17) is 5.73 Å². The first kappa shape index (κ1) is 11.9. The number of aromatic nitrogens is 3. The van der Waals surface area contributed by atoms with Crippen molar-refractivity contribution in [1.29, 1.82) is 0 Å². The fourth-order valence-electron chi connectivity index (χ4n) is 2.41. The van der Waals surface area contributed by atoms with Gasteiger partial charge < -0.3 is 10.6 Å². The molecular formula is C11H19N5O. The van der Waals surface area contributed by atoms with Crippen molar-refractivity contribution >= 4 is 11.9 Å². The maximum Gasteiger partial charge on any atom is 0.291 e. The molecule has 1 aromatic rings. The van der Waals surface area contributed by atoms with Gasteiger partial charge >= 0.3 is 0 Å². The quantitative estimate of drug-likeness (QED) is 0.826. The third-order valence-electron chi connectivity index (χ3n) is 3.22. The van der Waals surface area contributed by atoms with Crippen molar-refractivity contribution in [3.8, 4) is 0 Å². The summed E-state index contributed by atoms with van der Waals surface area (Å²) in [7, 11) is 0. The molecule has 1 aliphatic heterocycles. The van der Waals surface area contributed by atoms with Gasteiger partial charge in [0.05, 0.1) is 0 Å². The van der Waals surface area contributed by atoms with Gasteiger partial charge in [0, 0.05) is 12.6 Å². The maximum atomic E-state index is 12.2. The van der Waals surface area contributed by atoms with Crippen LogP contribution in [0.4, 0.5) is 5.95 Å². The molecule has 0 aromatic carbocycles. The summed E-state index contributed by atoms with van der Waals surface area (Å²) in [5, 5.41) is 6.29. The van der Waals surface area contributed by atoms with Crippen molar-refractivity contribution in [3.05, 3.63) is 5.82 Å². The fraction of sp³-hybridized carbons (Fsp3) is 0.727. The molecule has 1 fully saturated rings. The van der Waals surface area contributed by atoms with Crippen molar-refractivity contribution in [2.45, 2.75) is 45.1 Å². The Morgan fingerprint density at radius 1 is 1.59 bits per heavy atom. The summed E-state index contributed by atoms with van der Waals surface area (Å²) >= 11 is 0. The first-order valence-corrected chi connectivity index (χ1v) is 6.21. The SMILES string of the molecule is CCCC1CCCCN1C(=O)c1nc(N)n[nH]1. The van der Waals surface area contributed by atoms with E-state index < -0.39 is 0 Å². The summed E-state index contributed by atoms with van der Waals surface area (Å²) in [6.45, 7) is 2.95. The second-order valence-corrected chi connectivity index (χ2v) is 4.48. The Morgan fingerprint density at radius 3 is 3.06 bits per heavy atom. The maximum absolute atomic E-state index is 12.2. The van der Waals surface area contributed by atoms with Gasteiger partial charge in [-0.3, -0.25) is 9.89 Å². The Hall–Kier alpha value is -1.59. The minimum atomic E-state index is -0.0765. The van der Waals surface area contributed by atoms with E-state index in [1.54, 1.807) is 0 Å². The molecule has 94 valence electrons. The lowest BCUT2D eigenvalue weighted by Crippen LogP contribution is -2.44. The number of nitrogens with zero attached hydrogens (tertiary/aromatic N) is 3. The number of aromatic amines is 1. The zero-order chi connectivity index (χ0) is 12.3. The van der Waals surface area contributed by atoms with Crippen LogP contribution in [0.2, 0.25) is 0 Å². The average Bonchev–Trinajstić information content (AvgIpc) is 2.76. The highest BCUT2D eigenvalue weighted by Crippen LogP contribution is 2.22. The Morgan fingerprint density at radius 2 is 2.41 bits per heavy atom. The number of carbonyl (C=O) groups is 1. The zero-order valence-electron chi connectivity index (χ0n) is 10.1. The molecule has 1 atom stereocenters. The average molecular weight is 237 g/mol. The molecule has 2 heterocycles. The van der Waals surface area contributed by atoms with E-state index in [-0.39, 0.29) is 17.7 Å². The molecule has 6 nitrogen and oxygen atoms in total. The van der Waals surface area contributed by atoms with Crippen LogP contribution in [-0.2, 0) is 0 Å². The number of carbonyl (C=O) groups excluding carboxylic acids is 1. The molecule has 1 saturated heterocycles. The Balaban J connectivity index is 2.10. The number of hydrogen-bond donors (Lipinski definition) is 2. The summed E-state index contributed by atoms with van der Waals surface area (Å²) in [4.78, 5) is 18.0. The number of nitrogen functional groups attached to an aromatic ring is 1. The summed E-state index contributed by atoms with van der Waals surface area (Å²) in [6.07, 6.45) is 5.49. The van der Waals surface area contributed by atoms with Gasteiger partial charge in [-0.1, -0.05) is 13.3 Å². The van der Waals surface area contributed by atoms with Crippen molar-refractivity contribution in [2.75, 3.05) is 12.3 Å². The number of amides is 1. The van der Waals surface area contributed by atoms with Gasteiger partial charge in [-0.25, -0.2) is 0 Å². The molecule has 1 aromatic heterocycles. The third-order valence-corrected chi connectivity index (χ3v) is 3.22. The number of likely N-dealkylation sites (tertiary alicyclic amines) is 1. The minimum Gasteiger partial charge on any atom is -0.366 e. The molecule has 0 spiro atoms. The summed E-state index contributed by atoms with van der Waals surface area (Å²) in [6, 6.07) is 0.340. The van der Waals surface area contributed by atoms with E-state index in [0.29, 0.717) is 6.04 Å². The Bertz CT molecular complexity index is 387. The van der Waals surface area contributed by atoms with Crippen LogP contribution in [0.15, 0.2) is 0 Å². The lowest BCUT2D eigenvalue weighted by atomic mass is 9.98. The van der Waals surface area contributed by atoms with Gasteiger partial charge in [-0.2, -0.15) is 4.98 Å². The standard InChI is InChI=1S/C11H19N5O/c1-2-5-8-6-3-4-7-16(8)10(17)9-13-11(12)15-14-9/h8H,2-7H2,1H3,(H3,12,13,14,15). The number of nitrogens with two attached hydrogens (primary N) is 1. The molecule has 1 unspecified atom stereocenters. The van der Waals surface area contributed by atoms with Crippen molar-refractivity contribution < 1.29 is 4.79 Å². The second kappa shape index (κ2) is 5.16. The van der Waals surface area contributed by atoms with E-state index in [0.717, 1.165) is 32.2 Å². The monoisotopic (exact) mass is 237 g/mol. The highest BCUT2D eigenvalue weighted by molar-refractivity contribution is 5.91. The molecule has 3 N–H and O–H groups in total. The summed E-state index contributed by atoms with van der Waals surface area (Å²) in [5.41, 5.74) is 5.42. The molecule has 0 radical (unpaired) electrons. The Labute approximate surface area is 101 Å². The molecule has 17 heavy (non-hydrogen) atoms. The molecule has 6 heteroatoms. The third kappa shape index (κ3) is 2.57. The van der Waals surface area contributed by atoms with Gasteiger partial charge in [-0.05, 0) is 25.7 Å². The van der Waals surface area contributed by atoms with Crippen LogP contribution in [0.3, 0.4) is 0 Å². The number of nitrogens with one attached hydrogen (secondary N) is 1. The van der Waals surface area contributed by atoms with Crippen molar-refractivity contribution in [1.82, 2.24) is 20.1 Å². The number of piperidine rings is 1. The van der Waals surface area contributed by atoms with Crippen LogP contribution in [-0.4, -0.2) is 38.6 Å². The first-order chi connectivity index (χ1) is 8.22. The largest absolute Gasteiger partial charge is 0.366 e. The summed E-state index contributed by atoms with van der Waals surface area (Å²) < 4.78 is 0. The van der Waals surface area contributed by atoms with Crippen LogP contribution in [0.5, 0.6) is 0 Å². The molecule has 0 saturated carbocycles.